The van der Waals surface area contributed by atoms with Gasteiger partial charge in [0.05, 0.1) is 15.4 Å². The summed E-state index contributed by atoms with van der Waals surface area (Å²) in [5.74, 6) is 0.0535. The van der Waals surface area contributed by atoms with Crippen molar-refractivity contribution in [3.8, 4) is 11.5 Å². The monoisotopic (exact) mass is 896 g/mol. The smallest absolute Gasteiger partial charge is 0.293 e. The number of aliphatic hydroxyl groups is 1. The third kappa shape index (κ3) is 10.7. The van der Waals surface area contributed by atoms with E-state index in [1.54, 1.807) is 18.2 Å². The molecule has 4 aromatic carbocycles. The Labute approximate surface area is 373 Å². The Morgan fingerprint density at radius 2 is 1.75 bits per heavy atom. The van der Waals surface area contributed by atoms with Crippen molar-refractivity contribution in [2.75, 3.05) is 88.9 Å². The highest BCUT2D eigenvalue weighted by Crippen LogP contribution is 2.37. The van der Waals surface area contributed by atoms with E-state index in [-0.39, 0.29) is 29.5 Å². The van der Waals surface area contributed by atoms with Gasteiger partial charge in [-0.2, -0.15) is 0 Å². The van der Waals surface area contributed by atoms with Crippen LogP contribution in [0.5, 0.6) is 11.5 Å². The van der Waals surface area contributed by atoms with E-state index < -0.39 is 31.4 Å². The minimum Gasteiger partial charge on any atom is -0.456 e. The van der Waals surface area contributed by atoms with Gasteiger partial charge in [0.15, 0.2) is 0 Å². The number of benzene rings is 4. The van der Waals surface area contributed by atoms with Crippen molar-refractivity contribution in [2.24, 2.45) is 5.92 Å². The third-order valence-electron chi connectivity index (χ3n) is 12.3. The van der Waals surface area contributed by atoms with Crippen LogP contribution in [0.1, 0.15) is 52.7 Å². The van der Waals surface area contributed by atoms with Crippen LogP contribution in [-0.2, 0) is 21.2 Å². The van der Waals surface area contributed by atoms with Gasteiger partial charge in [0.2, 0.25) is 0 Å². The van der Waals surface area contributed by atoms with Crippen LogP contribution in [0.3, 0.4) is 0 Å². The second kappa shape index (κ2) is 20.0. The average molecular weight is 897 g/mol. The molecule has 0 unspecified atom stereocenters. The van der Waals surface area contributed by atoms with Crippen LogP contribution in [0.25, 0.3) is 11.6 Å². The lowest BCUT2D eigenvalue weighted by Crippen LogP contribution is -2.48. The molecule has 14 nitrogen and oxygen atoms in total. The van der Waals surface area contributed by atoms with Crippen LogP contribution in [-0.4, -0.2) is 113 Å². The summed E-state index contributed by atoms with van der Waals surface area (Å²) in [5.41, 5.74) is 6.47. The van der Waals surface area contributed by atoms with Crippen molar-refractivity contribution in [3.63, 3.8) is 0 Å². The van der Waals surface area contributed by atoms with Gasteiger partial charge in [-0.3, -0.25) is 24.7 Å². The molecule has 0 radical (unpaired) electrons. The number of amides is 1. The summed E-state index contributed by atoms with van der Waals surface area (Å²) >= 11 is 6.24. The number of aliphatic hydroxyl groups excluding tert-OH is 1. The molecule has 3 aliphatic heterocycles. The Kier molecular flexibility index (Phi) is 14.1. The number of carbonyl (C=O) groups excluding carboxylic acids is 1. The van der Waals surface area contributed by atoms with Crippen molar-refractivity contribution in [1.29, 1.82) is 0 Å². The molecule has 0 saturated carbocycles. The van der Waals surface area contributed by atoms with Crippen molar-refractivity contribution in [1.82, 2.24) is 14.5 Å². The van der Waals surface area contributed by atoms with E-state index in [4.69, 9.17) is 21.1 Å². The number of hydrogen-bond donors (Lipinski definition) is 3. The molecule has 0 aromatic heterocycles. The predicted molar refractivity (Wildman–Crippen MR) is 245 cm³/mol. The lowest BCUT2D eigenvalue weighted by molar-refractivity contribution is -0.384. The number of hydrogen-bond acceptors (Lipinski definition) is 12. The molecule has 2 fully saturated rings. The summed E-state index contributed by atoms with van der Waals surface area (Å²) in [6.45, 7) is 8.34. The number of sulfonamides is 1. The van der Waals surface area contributed by atoms with Crippen molar-refractivity contribution >= 4 is 56.2 Å². The van der Waals surface area contributed by atoms with Gasteiger partial charge in [-0.15, -0.1) is 0 Å². The van der Waals surface area contributed by atoms with Crippen LogP contribution in [0.15, 0.2) is 95.4 Å². The fourth-order valence-corrected chi connectivity index (χ4v) is 9.93. The van der Waals surface area contributed by atoms with Gasteiger partial charge in [-0.1, -0.05) is 48.0 Å². The molecule has 16 heteroatoms. The zero-order chi connectivity index (χ0) is 43.9. The first kappa shape index (κ1) is 44.3. The van der Waals surface area contributed by atoms with Gasteiger partial charge in [0.1, 0.15) is 17.2 Å². The van der Waals surface area contributed by atoms with E-state index >= 15 is 0 Å². The quantitative estimate of drug-likeness (QED) is 0.0764. The average Bonchev–Trinajstić information content (AvgIpc) is 3.79. The second-order valence-electron chi connectivity index (χ2n) is 16.5. The molecular weight excluding hydrogens is 844 g/mol. The van der Waals surface area contributed by atoms with E-state index in [0.29, 0.717) is 43.6 Å². The van der Waals surface area contributed by atoms with Gasteiger partial charge in [-0.25, -0.2) is 13.1 Å². The molecule has 2 saturated heterocycles. The molecule has 0 bridgehead atoms. The maximum atomic E-state index is 14.0. The van der Waals surface area contributed by atoms with E-state index in [0.717, 1.165) is 94.3 Å². The van der Waals surface area contributed by atoms with Crippen molar-refractivity contribution < 1.29 is 32.7 Å². The van der Waals surface area contributed by atoms with Crippen molar-refractivity contribution in [2.45, 2.75) is 37.0 Å². The summed E-state index contributed by atoms with van der Waals surface area (Å²) in [4.78, 5) is 32.2. The first-order valence-corrected chi connectivity index (χ1v) is 23.5. The molecule has 0 spiro atoms. The Hall–Kier alpha value is -5.29. The molecule has 4 aliphatic rings. The topological polar surface area (TPSA) is 167 Å². The van der Waals surface area contributed by atoms with Crippen LogP contribution < -0.4 is 19.7 Å². The SMILES string of the molecule is O=C(NS(=O)(=O)c1ccc(NCC2CCOCC2)c([N+](=O)[O-])c1)c1ccc(N2CCN(CC3=C(c4ccc(Cl)cc4)CCN(CCCO)C3)CC2)cc1Oc1cccc2c1C=CC2. The minimum atomic E-state index is -4.55. The first-order chi connectivity index (χ1) is 30.5. The molecule has 0 atom stereocenters. The van der Waals surface area contributed by atoms with Gasteiger partial charge >= 0.3 is 0 Å². The maximum absolute atomic E-state index is 14.0. The molecule has 1 aliphatic carbocycles. The normalized spacial score (nSPS) is 17.5. The van der Waals surface area contributed by atoms with Gasteiger partial charge in [-0.05, 0) is 103 Å². The number of anilines is 2. The van der Waals surface area contributed by atoms with Crippen molar-refractivity contribution in [3.05, 3.63) is 128 Å². The highest BCUT2D eigenvalue weighted by molar-refractivity contribution is 7.90. The molecule has 4 aromatic rings. The molecule has 63 heavy (non-hydrogen) atoms. The Bertz CT molecular complexity index is 2480. The summed E-state index contributed by atoms with van der Waals surface area (Å²) in [6.07, 6.45) is 8.06. The van der Waals surface area contributed by atoms with Gasteiger partial charge < -0.3 is 24.8 Å². The Morgan fingerprint density at radius 1 is 0.952 bits per heavy atom. The Morgan fingerprint density at radius 3 is 2.51 bits per heavy atom. The predicted octanol–water partition coefficient (Wildman–Crippen LogP) is 7.23. The summed E-state index contributed by atoms with van der Waals surface area (Å²) in [6, 6.07) is 22.5. The van der Waals surface area contributed by atoms with E-state index in [9.17, 15) is 28.4 Å². The Balaban J connectivity index is 1.00. The zero-order valence-electron chi connectivity index (χ0n) is 35.1. The van der Waals surface area contributed by atoms with E-state index in [2.05, 4.69) is 36.9 Å². The molecule has 3 heterocycles. The summed E-state index contributed by atoms with van der Waals surface area (Å²) < 4.78 is 41.5. The fraction of sp³-hybridized carbons (Fsp3) is 0.383. The molecule has 3 N–H and O–H groups in total. The zero-order valence-corrected chi connectivity index (χ0v) is 36.7. The van der Waals surface area contributed by atoms with Gasteiger partial charge in [0.25, 0.3) is 21.6 Å². The van der Waals surface area contributed by atoms with Crippen LogP contribution in [0, 0.1) is 16.0 Å². The number of piperazine rings is 1. The highest BCUT2D eigenvalue weighted by Gasteiger charge is 2.29. The number of nitrogens with zero attached hydrogens (tertiary/aromatic N) is 4. The minimum absolute atomic E-state index is 0.00509. The number of carbonyl (C=O) groups is 1. The van der Waals surface area contributed by atoms with E-state index in [1.807, 2.05) is 42.5 Å². The third-order valence-corrected chi connectivity index (χ3v) is 13.9. The largest absolute Gasteiger partial charge is 0.456 e. The number of fused-ring (bicyclic) bond motifs is 1. The number of nitro benzene ring substituents is 1. The van der Waals surface area contributed by atoms with E-state index in [1.165, 1.54) is 28.8 Å². The molecule has 1 amide bonds. The standard InChI is InChI=1S/C47H53ClN6O8S/c48-37-10-8-35(9-11-37)40-16-20-51(19-3-25-55)31-36(40)32-52-21-23-53(24-22-52)38-12-14-42(46(28-38)62-45-7-2-5-34-4-1-6-41(34)45)47(56)50-63(59,60)39-13-15-43(44(29-39)54(57)58)49-30-33-17-26-61-27-18-33/h1-2,5-15,28-29,33,49,55H,3-4,16-27,30-32H2,(H,50,56). The van der Waals surface area contributed by atoms with Gasteiger partial charge in [0, 0.05) is 107 Å². The first-order valence-electron chi connectivity index (χ1n) is 21.6. The van der Waals surface area contributed by atoms with Crippen LogP contribution in [0.4, 0.5) is 17.1 Å². The molecule has 332 valence electrons. The second-order valence-corrected chi connectivity index (χ2v) is 18.6. The summed E-state index contributed by atoms with van der Waals surface area (Å²) in [7, 11) is -4.55. The maximum Gasteiger partial charge on any atom is 0.293 e. The molecular formula is C47H53ClN6O8S. The number of rotatable bonds is 16. The number of halogens is 1. The highest BCUT2D eigenvalue weighted by atomic mass is 35.5. The fourth-order valence-electron chi connectivity index (χ4n) is 8.82. The number of nitrogens with one attached hydrogen (secondary N) is 2. The summed E-state index contributed by atoms with van der Waals surface area (Å²) in [5, 5.41) is 25.4. The lowest BCUT2D eigenvalue weighted by Gasteiger charge is -2.39. The van der Waals surface area contributed by atoms with Crippen LogP contribution >= 0.6 is 11.6 Å². The lowest BCUT2D eigenvalue weighted by atomic mass is 9.92. The number of nitro groups is 1. The number of allylic oxidation sites excluding steroid dienone is 1. The van der Waals surface area contributed by atoms with Crippen LogP contribution in [0.2, 0.25) is 5.02 Å². The molecule has 8 rings (SSSR count). The number of ether oxygens (including phenoxy) is 2.